The summed E-state index contributed by atoms with van der Waals surface area (Å²) in [5.41, 5.74) is 4.62. The Morgan fingerprint density at radius 2 is 1.76 bits per heavy atom. The Balaban J connectivity index is 1.43. The Morgan fingerprint density at radius 1 is 1.10 bits per heavy atom. The van der Waals surface area contributed by atoms with Crippen molar-refractivity contribution in [2.75, 3.05) is 19.8 Å². The fourth-order valence-corrected chi connectivity index (χ4v) is 4.40. The van der Waals surface area contributed by atoms with Crippen molar-refractivity contribution >= 4 is 12.1 Å². The first kappa shape index (κ1) is 19.5. The van der Waals surface area contributed by atoms with Gasteiger partial charge >= 0.3 is 12.1 Å². The third-order valence-corrected chi connectivity index (χ3v) is 5.81. The Morgan fingerprint density at radius 3 is 2.34 bits per heavy atom. The third-order valence-electron chi connectivity index (χ3n) is 5.81. The van der Waals surface area contributed by atoms with Gasteiger partial charge in [-0.25, -0.2) is 4.79 Å². The molecule has 6 nitrogen and oxygen atoms in total. The molecule has 1 heterocycles. The van der Waals surface area contributed by atoms with Crippen LogP contribution in [0.2, 0.25) is 0 Å². The largest absolute Gasteiger partial charge is 0.481 e. The van der Waals surface area contributed by atoms with E-state index in [1.807, 2.05) is 24.3 Å². The minimum atomic E-state index is -0.945. The van der Waals surface area contributed by atoms with Crippen molar-refractivity contribution in [1.82, 2.24) is 5.32 Å². The molecule has 0 spiro atoms. The number of amides is 1. The average molecular weight is 395 g/mol. The van der Waals surface area contributed by atoms with Gasteiger partial charge in [-0.05, 0) is 35.1 Å². The molecule has 0 aromatic heterocycles. The first-order chi connectivity index (χ1) is 14.1. The number of carboxylic acids is 1. The van der Waals surface area contributed by atoms with E-state index in [0.29, 0.717) is 13.2 Å². The molecule has 1 saturated heterocycles. The standard InChI is InChI=1S/C23H25NO5/c25-22(26)12-21(15-6-5-11-28-13-15)24-23(27)29-14-20-18-9-3-1-7-16(18)17-8-2-4-10-19(17)20/h1-4,7-10,15,20-21H,5-6,11-14H2,(H,24,27)(H,25,26)/t15?,21-/m0/s1. The first-order valence-electron chi connectivity index (χ1n) is 10.0. The highest BCUT2D eigenvalue weighted by Gasteiger charge is 2.31. The summed E-state index contributed by atoms with van der Waals surface area (Å²) in [6.07, 6.45) is 0.983. The number of nitrogens with one attached hydrogen (secondary N) is 1. The number of carbonyl (C=O) groups is 2. The van der Waals surface area contributed by atoms with Crippen LogP contribution >= 0.6 is 0 Å². The Kier molecular flexibility index (Phi) is 5.81. The summed E-state index contributed by atoms with van der Waals surface area (Å²) in [4.78, 5) is 23.7. The molecule has 6 heteroatoms. The third kappa shape index (κ3) is 4.27. The van der Waals surface area contributed by atoms with E-state index in [9.17, 15) is 14.7 Å². The molecule has 4 rings (SSSR count). The quantitative estimate of drug-likeness (QED) is 0.777. The summed E-state index contributed by atoms with van der Waals surface area (Å²) in [5, 5.41) is 12.0. The molecule has 1 amide bonds. The summed E-state index contributed by atoms with van der Waals surface area (Å²) in [6.45, 7) is 1.35. The molecular formula is C23H25NO5. The lowest BCUT2D eigenvalue weighted by Crippen LogP contribution is -2.45. The van der Waals surface area contributed by atoms with Gasteiger partial charge in [0, 0.05) is 24.5 Å². The van der Waals surface area contributed by atoms with E-state index in [4.69, 9.17) is 9.47 Å². The molecule has 29 heavy (non-hydrogen) atoms. The van der Waals surface area contributed by atoms with Gasteiger partial charge in [0.25, 0.3) is 0 Å². The van der Waals surface area contributed by atoms with E-state index in [1.54, 1.807) is 0 Å². The highest BCUT2D eigenvalue weighted by molar-refractivity contribution is 5.79. The molecule has 2 N–H and O–H groups in total. The van der Waals surface area contributed by atoms with Gasteiger partial charge in [-0.1, -0.05) is 48.5 Å². The van der Waals surface area contributed by atoms with Gasteiger partial charge in [0.2, 0.25) is 0 Å². The molecule has 0 bridgehead atoms. The highest BCUT2D eigenvalue weighted by atomic mass is 16.5. The van der Waals surface area contributed by atoms with Crippen LogP contribution in [0, 0.1) is 5.92 Å². The molecule has 2 atom stereocenters. The van der Waals surface area contributed by atoms with Crippen molar-refractivity contribution in [3.05, 3.63) is 59.7 Å². The van der Waals surface area contributed by atoms with Crippen molar-refractivity contribution in [2.45, 2.75) is 31.2 Å². The fraction of sp³-hybridized carbons (Fsp3) is 0.391. The minimum absolute atomic E-state index is 0.0136. The van der Waals surface area contributed by atoms with Gasteiger partial charge in [-0.15, -0.1) is 0 Å². The maximum absolute atomic E-state index is 12.5. The van der Waals surface area contributed by atoms with E-state index in [1.165, 1.54) is 11.1 Å². The number of fused-ring (bicyclic) bond motifs is 3. The smallest absolute Gasteiger partial charge is 0.407 e. The van der Waals surface area contributed by atoms with Crippen LogP contribution in [0.3, 0.4) is 0 Å². The van der Waals surface area contributed by atoms with E-state index in [0.717, 1.165) is 24.0 Å². The number of carboxylic acid groups (broad SMARTS) is 1. The molecule has 1 aliphatic heterocycles. The molecule has 1 aliphatic carbocycles. The van der Waals surface area contributed by atoms with Gasteiger partial charge in [0.15, 0.2) is 0 Å². The summed E-state index contributed by atoms with van der Waals surface area (Å²) in [5.74, 6) is -0.982. The lowest BCUT2D eigenvalue weighted by Gasteiger charge is -2.29. The number of benzene rings is 2. The van der Waals surface area contributed by atoms with Crippen molar-refractivity contribution in [2.24, 2.45) is 5.92 Å². The molecular weight excluding hydrogens is 370 g/mol. The number of alkyl carbamates (subject to hydrolysis) is 1. The lowest BCUT2D eigenvalue weighted by molar-refractivity contribution is -0.138. The predicted octanol–water partition coefficient (Wildman–Crippen LogP) is 3.80. The van der Waals surface area contributed by atoms with Crippen LogP contribution in [-0.4, -0.2) is 43.0 Å². The fourth-order valence-electron chi connectivity index (χ4n) is 4.40. The van der Waals surface area contributed by atoms with Crippen LogP contribution in [0.4, 0.5) is 4.79 Å². The van der Waals surface area contributed by atoms with Crippen LogP contribution in [-0.2, 0) is 14.3 Å². The molecule has 152 valence electrons. The lowest BCUT2D eigenvalue weighted by atomic mass is 9.91. The summed E-state index contributed by atoms with van der Waals surface area (Å²) in [6, 6.07) is 15.8. The van der Waals surface area contributed by atoms with Gasteiger partial charge in [-0.2, -0.15) is 0 Å². The first-order valence-corrected chi connectivity index (χ1v) is 10.0. The average Bonchev–Trinajstić information content (AvgIpc) is 3.06. The normalized spacial score (nSPS) is 19.1. The minimum Gasteiger partial charge on any atom is -0.481 e. The second-order valence-corrected chi connectivity index (χ2v) is 7.65. The zero-order chi connectivity index (χ0) is 20.2. The molecule has 0 saturated carbocycles. The summed E-state index contributed by atoms with van der Waals surface area (Å²) >= 11 is 0. The summed E-state index contributed by atoms with van der Waals surface area (Å²) in [7, 11) is 0. The number of aliphatic carboxylic acids is 1. The number of ether oxygens (including phenoxy) is 2. The zero-order valence-corrected chi connectivity index (χ0v) is 16.2. The highest BCUT2D eigenvalue weighted by Crippen LogP contribution is 2.44. The van der Waals surface area contributed by atoms with Crippen LogP contribution in [0.25, 0.3) is 11.1 Å². The van der Waals surface area contributed by atoms with Gasteiger partial charge in [0.1, 0.15) is 6.61 Å². The molecule has 1 fully saturated rings. The number of carbonyl (C=O) groups excluding carboxylic acids is 1. The molecule has 2 aromatic carbocycles. The Bertz CT molecular complexity index is 845. The SMILES string of the molecule is O=C(O)C[C@H](NC(=O)OCC1c2ccccc2-c2ccccc21)C1CCCOC1. The van der Waals surface area contributed by atoms with E-state index in [2.05, 4.69) is 29.6 Å². The van der Waals surface area contributed by atoms with E-state index < -0.39 is 18.1 Å². The second kappa shape index (κ2) is 8.66. The van der Waals surface area contributed by atoms with Crippen molar-refractivity contribution in [3.8, 4) is 11.1 Å². The Hall–Kier alpha value is -2.86. The van der Waals surface area contributed by atoms with Crippen LogP contribution < -0.4 is 5.32 Å². The van der Waals surface area contributed by atoms with Gasteiger partial charge < -0.3 is 19.9 Å². The molecule has 2 aromatic rings. The van der Waals surface area contributed by atoms with Crippen molar-refractivity contribution in [3.63, 3.8) is 0 Å². The van der Waals surface area contributed by atoms with Crippen LogP contribution in [0.5, 0.6) is 0 Å². The Labute approximate surface area is 169 Å². The van der Waals surface area contributed by atoms with Crippen molar-refractivity contribution < 1.29 is 24.2 Å². The maximum atomic E-state index is 12.5. The maximum Gasteiger partial charge on any atom is 0.407 e. The zero-order valence-electron chi connectivity index (χ0n) is 16.2. The molecule has 1 unspecified atom stereocenters. The van der Waals surface area contributed by atoms with Crippen LogP contribution in [0.1, 0.15) is 36.3 Å². The molecule has 2 aliphatic rings. The topological polar surface area (TPSA) is 84.9 Å². The predicted molar refractivity (Wildman–Crippen MR) is 108 cm³/mol. The monoisotopic (exact) mass is 395 g/mol. The number of rotatable bonds is 6. The van der Waals surface area contributed by atoms with Gasteiger partial charge in [-0.3, -0.25) is 4.79 Å². The van der Waals surface area contributed by atoms with Crippen LogP contribution in [0.15, 0.2) is 48.5 Å². The second-order valence-electron chi connectivity index (χ2n) is 7.65. The van der Waals surface area contributed by atoms with E-state index in [-0.39, 0.29) is 24.9 Å². The van der Waals surface area contributed by atoms with Crippen molar-refractivity contribution in [1.29, 1.82) is 0 Å². The van der Waals surface area contributed by atoms with Gasteiger partial charge in [0.05, 0.1) is 13.0 Å². The number of hydrogen-bond acceptors (Lipinski definition) is 4. The molecule has 0 radical (unpaired) electrons. The summed E-state index contributed by atoms with van der Waals surface area (Å²) < 4.78 is 11.0. The van der Waals surface area contributed by atoms with E-state index >= 15 is 0 Å². The number of hydrogen-bond donors (Lipinski definition) is 2.